The Morgan fingerprint density at radius 2 is 1.69 bits per heavy atom. The number of anilines is 1. The van der Waals surface area contributed by atoms with E-state index in [4.69, 9.17) is 4.74 Å². The van der Waals surface area contributed by atoms with Gasteiger partial charge in [-0.1, -0.05) is 66.7 Å². The summed E-state index contributed by atoms with van der Waals surface area (Å²) < 4.78 is 5.64. The van der Waals surface area contributed by atoms with E-state index < -0.39 is 23.4 Å². The Hall–Kier alpha value is -4.13. The molecule has 3 aromatic rings. The average Bonchev–Trinajstić information content (AvgIpc) is 3.05. The molecule has 0 radical (unpaired) electrons. The molecule has 1 spiro atoms. The molecule has 0 saturated carbocycles. The summed E-state index contributed by atoms with van der Waals surface area (Å²) in [5.74, 6) is -0.325. The second-order valence-electron chi connectivity index (χ2n) is 7.78. The number of rotatable bonds is 4. The van der Waals surface area contributed by atoms with Gasteiger partial charge >= 0.3 is 6.03 Å². The van der Waals surface area contributed by atoms with E-state index in [-0.39, 0.29) is 6.54 Å². The monoisotopic (exact) mass is 427 g/mol. The van der Waals surface area contributed by atoms with Gasteiger partial charge in [0, 0.05) is 23.2 Å². The van der Waals surface area contributed by atoms with Crippen molar-refractivity contribution < 1.29 is 19.1 Å². The molecule has 0 aliphatic carbocycles. The van der Waals surface area contributed by atoms with Crippen molar-refractivity contribution in [2.75, 3.05) is 18.5 Å². The zero-order valence-electron chi connectivity index (χ0n) is 17.2. The summed E-state index contributed by atoms with van der Waals surface area (Å²) in [5.41, 5.74) is 1.84. The van der Waals surface area contributed by atoms with Gasteiger partial charge in [-0.15, -0.1) is 0 Å². The number of ether oxygens (including phenoxy) is 1. The summed E-state index contributed by atoms with van der Waals surface area (Å²) in [4.78, 5) is 39.9. The van der Waals surface area contributed by atoms with Crippen LogP contribution in [0.5, 0.6) is 5.75 Å². The van der Waals surface area contributed by atoms with E-state index in [0.29, 0.717) is 30.0 Å². The molecular weight excluding hydrogens is 406 g/mol. The second kappa shape index (κ2) is 7.85. The number of fused-ring (bicyclic) bond motifs is 2. The molecule has 2 N–H and O–H groups in total. The Labute approximate surface area is 185 Å². The third-order valence-corrected chi connectivity index (χ3v) is 5.84. The highest BCUT2D eigenvalue weighted by Crippen LogP contribution is 2.41. The molecule has 160 valence electrons. The van der Waals surface area contributed by atoms with Gasteiger partial charge in [0.25, 0.3) is 5.91 Å². The highest BCUT2D eigenvalue weighted by atomic mass is 16.5. The van der Waals surface area contributed by atoms with Crippen molar-refractivity contribution in [3.8, 4) is 16.9 Å². The molecule has 1 unspecified atom stereocenters. The van der Waals surface area contributed by atoms with Crippen LogP contribution in [0.2, 0.25) is 0 Å². The number of urea groups is 1. The molecule has 0 bridgehead atoms. The van der Waals surface area contributed by atoms with Gasteiger partial charge in [0.15, 0.2) is 5.54 Å². The molecule has 2 heterocycles. The lowest BCUT2D eigenvalue weighted by Gasteiger charge is -2.33. The number of imide groups is 1. The van der Waals surface area contributed by atoms with Crippen LogP contribution < -0.4 is 15.4 Å². The van der Waals surface area contributed by atoms with Crippen LogP contribution in [-0.4, -0.2) is 35.9 Å². The summed E-state index contributed by atoms with van der Waals surface area (Å²) in [6, 6.07) is 23.7. The van der Waals surface area contributed by atoms with E-state index in [1.54, 1.807) is 24.3 Å². The molecule has 0 aromatic heterocycles. The van der Waals surface area contributed by atoms with Gasteiger partial charge in [-0.3, -0.25) is 14.5 Å². The number of para-hydroxylation sites is 2. The Balaban J connectivity index is 1.37. The van der Waals surface area contributed by atoms with Gasteiger partial charge in [-0.2, -0.15) is 0 Å². The Morgan fingerprint density at radius 1 is 0.969 bits per heavy atom. The number of amides is 4. The molecule has 7 nitrogen and oxygen atoms in total. The van der Waals surface area contributed by atoms with Gasteiger partial charge < -0.3 is 15.4 Å². The molecule has 2 aliphatic heterocycles. The standard InChI is InChI=1S/C25H21N3O4/c29-22(26-20-12-6-4-10-18(20)17-8-2-1-3-9-17)16-28-23(30)25(27-24(28)31)14-15-32-21-13-7-5-11-19(21)25/h1-13H,14-16H2,(H,26,29)(H,27,31). The fraction of sp³-hybridized carbons (Fsp3) is 0.160. The molecule has 5 rings (SSSR count). The fourth-order valence-electron chi connectivity index (χ4n) is 4.31. The van der Waals surface area contributed by atoms with Gasteiger partial charge in [0.05, 0.1) is 6.61 Å². The number of hydrogen-bond acceptors (Lipinski definition) is 4. The van der Waals surface area contributed by atoms with Crippen molar-refractivity contribution in [3.63, 3.8) is 0 Å². The number of carbonyl (C=O) groups excluding carboxylic acids is 3. The van der Waals surface area contributed by atoms with Crippen LogP contribution in [0.15, 0.2) is 78.9 Å². The maximum absolute atomic E-state index is 13.3. The molecule has 7 heteroatoms. The lowest BCUT2D eigenvalue weighted by molar-refractivity contribution is -0.135. The maximum atomic E-state index is 13.3. The minimum absolute atomic E-state index is 0.299. The number of nitrogens with one attached hydrogen (secondary N) is 2. The largest absolute Gasteiger partial charge is 0.493 e. The highest BCUT2D eigenvalue weighted by molar-refractivity contribution is 6.11. The van der Waals surface area contributed by atoms with Crippen molar-refractivity contribution in [1.29, 1.82) is 0 Å². The topological polar surface area (TPSA) is 87.7 Å². The first-order valence-corrected chi connectivity index (χ1v) is 10.4. The van der Waals surface area contributed by atoms with Crippen molar-refractivity contribution >= 4 is 23.5 Å². The Kier molecular flexibility index (Phi) is 4.86. The normalized spacial score (nSPS) is 19.3. The SMILES string of the molecule is O=C(CN1C(=O)NC2(CCOc3ccccc32)C1=O)Nc1ccccc1-c1ccccc1. The van der Waals surface area contributed by atoms with E-state index in [1.807, 2.05) is 54.6 Å². The zero-order valence-corrected chi connectivity index (χ0v) is 17.2. The summed E-state index contributed by atoms with van der Waals surface area (Å²) in [5, 5.41) is 5.66. The predicted octanol–water partition coefficient (Wildman–Crippen LogP) is 3.52. The molecule has 1 saturated heterocycles. The number of nitrogens with zero attached hydrogens (tertiary/aromatic N) is 1. The molecule has 3 aromatic carbocycles. The maximum Gasteiger partial charge on any atom is 0.325 e. The van der Waals surface area contributed by atoms with E-state index in [1.165, 1.54) is 0 Å². The second-order valence-corrected chi connectivity index (χ2v) is 7.78. The van der Waals surface area contributed by atoms with Crippen LogP contribution in [0, 0.1) is 0 Å². The Bertz CT molecular complexity index is 1210. The lowest BCUT2D eigenvalue weighted by atomic mass is 9.84. The van der Waals surface area contributed by atoms with Crippen LogP contribution in [0.4, 0.5) is 10.5 Å². The fourth-order valence-corrected chi connectivity index (χ4v) is 4.31. The van der Waals surface area contributed by atoms with Crippen LogP contribution in [-0.2, 0) is 15.1 Å². The minimum Gasteiger partial charge on any atom is -0.493 e. The van der Waals surface area contributed by atoms with Crippen LogP contribution >= 0.6 is 0 Å². The summed E-state index contributed by atoms with van der Waals surface area (Å²) in [7, 11) is 0. The average molecular weight is 427 g/mol. The molecule has 4 amide bonds. The van der Waals surface area contributed by atoms with Crippen LogP contribution in [0.3, 0.4) is 0 Å². The van der Waals surface area contributed by atoms with Crippen LogP contribution in [0.25, 0.3) is 11.1 Å². The molecular formula is C25H21N3O4. The summed E-state index contributed by atoms with van der Waals surface area (Å²) in [6.07, 6.45) is 0.309. The van der Waals surface area contributed by atoms with Crippen molar-refractivity contribution in [2.45, 2.75) is 12.0 Å². The first kappa shape index (κ1) is 19.8. The third kappa shape index (κ3) is 3.28. The van der Waals surface area contributed by atoms with E-state index in [2.05, 4.69) is 10.6 Å². The first-order valence-electron chi connectivity index (χ1n) is 10.4. The third-order valence-electron chi connectivity index (χ3n) is 5.84. The van der Waals surface area contributed by atoms with Crippen molar-refractivity contribution in [3.05, 3.63) is 84.4 Å². The highest BCUT2D eigenvalue weighted by Gasteiger charge is 2.55. The van der Waals surface area contributed by atoms with E-state index in [9.17, 15) is 14.4 Å². The first-order chi connectivity index (χ1) is 15.6. The molecule has 1 fully saturated rings. The van der Waals surface area contributed by atoms with Crippen molar-refractivity contribution in [1.82, 2.24) is 10.2 Å². The predicted molar refractivity (Wildman–Crippen MR) is 119 cm³/mol. The smallest absolute Gasteiger partial charge is 0.325 e. The van der Waals surface area contributed by atoms with Gasteiger partial charge in [0.2, 0.25) is 5.91 Å². The van der Waals surface area contributed by atoms with Gasteiger partial charge in [-0.25, -0.2) is 4.79 Å². The van der Waals surface area contributed by atoms with Crippen molar-refractivity contribution in [2.24, 2.45) is 0 Å². The molecule has 1 atom stereocenters. The summed E-state index contributed by atoms with van der Waals surface area (Å²) in [6.45, 7) is -0.0773. The number of hydrogen-bond donors (Lipinski definition) is 2. The Morgan fingerprint density at radius 3 is 2.53 bits per heavy atom. The molecule has 2 aliphatic rings. The number of carbonyl (C=O) groups is 3. The molecule has 32 heavy (non-hydrogen) atoms. The van der Waals surface area contributed by atoms with Gasteiger partial charge in [0.1, 0.15) is 12.3 Å². The van der Waals surface area contributed by atoms with E-state index in [0.717, 1.165) is 16.0 Å². The minimum atomic E-state index is -1.20. The van der Waals surface area contributed by atoms with Gasteiger partial charge in [-0.05, 0) is 17.7 Å². The van der Waals surface area contributed by atoms with E-state index >= 15 is 0 Å². The zero-order chi connectivity index (χ0) is 22.1. The van der Waals surface area contributed by atoms with Crippen LogP contribution in [0.1, 0.15) is 12.0 Å². The quantitative estimate of drug-likeness (QED) is 0.624. The lowest BCUT2D eigenvalue weighted by Crippen LogP contribution is -2.48. The number of benzene rings is 3. The summed E-state index contributed by atoms with van der Waals surface area (Å²) >= 11 is 0.